The van der Waals surface area contributed by atoms with E-state index in [1.807, 2.05) is 18.2 Å². The zero-order valence-corrected chi connectivity index (χ0v) is 11.2. The van der Waals surface area contributed by atoms with Gasteiger partial charge in [-0.2, -0.15) is 0 Å². The maximum atomic E-state index is 9.55. The van der Waals surface area contributed by atoms with Crippen LogP contribution >= 0.6 is 0 Å². The average molecular weight is 278 g/mol. The third kappa shape index (κ3) is 3.12. The number of anilines is 2. The van der Waals surface area contributed by atoms with Crippen LogP contribution in [0.4, 0.5) is 11.5 Å². The third-order valence-corrected chi connectivity index (χ3v) is 3.08. The number of hydrogen-bond acceptors (Lipinski definition) is 4. The second kappa shape index (κ2) is 5.54. The van der Waals surface area contributed by atoms with Gasteiger partial charge in [-0.1, -0.05) is 12.1 Å². The average Bonchev–Trinajstić information content (AvgIpc) is 2.50. The largest absolute Gasteiger partial charge is 0.508 e. The molecule has 4 nitrogen and oxygen atoms in total. The van der Waals surface area contributed by atoms with Gasteiger partial charge >= 0.3 is 0 Å². The molecule has 4 heteroatoms. The zero-order valence-electron chi connectivity index (χ0n) is 11.2. The van der Waals surface area contributed by atoms with E-state index in [1.165, 1.54) is 0 Å². The quantitative estimate of drug-likeness (QED) is 0.636. The van der Waals surface area contributed by atoms with Crippen molar-refractivity contribution in [1.29, 1.82) is 0 Å². The summed E-state index contributed by atoms with van der Waals surface area (Å²) in [6.07, 6.45) is 1.71. The van der Waals surface area contributed by atoms with Crippen molar-refractivity contribution in [1.82, 2.24) is 4.98 Å². The number of aromatic hydroxyl groups is 2. The molecule has 3 aromatic rings. The van der Waals surface area contributed by atoms with Gasteiger partial charge in [0.1, 0.15) is 17.3 Å². The Morgan fingerprint density at radius 1 is 0.762 bits per heavy atom. The molecular weight excluding hydrogens is 264 g/mol. The standard InChI is InChI=1S/C17H14N2O2/c20-15-6-4-14(5-7-15)19-17-11-13(8-9-18-17)12-2-1-3-16(21)10-12/h1-11,20-21H,(H,18,19). The smallest absolute Gasteiger partial charge is 0.130 e. The predicted molar refractivity (Wildman–Crippen MR) is 82.7 cm³/mol. The fourth-order valence-electron chi connectivity index (χ4n) is 2.06. The Hall–Kier alpha value is -3.01. The van der Waals surface area contributed by atoms with Crippen LogP contribution in [-0.2, 0) is 0 Å². The second-order valence-corrected chi connectivity index (χ2v) is 4.65. The van der Waals surface area contributed by atoms with Crippen LogP contribution in [0.3, 0.4) is 0 Å². The van der Waals surface area contributed by atoms with Crippen LogP contribution in [0.5, 0.6) is 11.5 Å². The van der Waals surface area contributed by atoms with Crippen molar-refractivity contribution in [3.63, 3.8) is 0 Å². The van der Waals surface area contributed by atoms with E-state index in [0.29, 0.717) is 5.82 Å². The molecule has 1 heterocycles. The number of phenolic OH excluding ortho intramolecular Hbond substituents is 2. The van der Waals surface area contributed by atoms with Crippen molar-refractivity contribution in [3.8, 4) is 22.6 Å². The van der Waals surface area contributed by atoms with Crippen molar-refractivity contribution >= 4 is 11.5 Å². The lowest BCUT2D eigenvalue weighted by Crippen LogP contribution is -1.93. The summed E-state index contributed by atoms with van der Waals surface area (Å²) >= 11 is 0. The monoisotopic (exact) mass is 278 g/mol. The highest BCUT2D eigenvalue weighted by Gasteiger charge is 2.02. The number of nitrogens with one attached hydrogen (secondary N) is 1. The van der Waals surface area contributed by atoms with Crippen molar-refractivity contribution in [3.05, 3.63) is 66.9 Å². The van der Waals surface area contributed by atoms with Crippen LogP contribution in [0.1, 0.15) is 0 Å². The van der Waals surface area contributed by atoms with Gasteiger partial charge in [0.2, 0.25) is 0 Å². The highest BCUT2D eigenvalue weighted by molar-refractivity contribution is 5.69. The van der Waals surface area contributed by atoms with Crippen LogP contribution in [-0.4, -0.2) is 15.2 Å². The number of aromatic nitrogens is 1. The third-order valence-electron chi connectivity index (χ3n) is 3.08. The molecule has 21 heavy (non-hydrogen) atoms. The van der Waals surface area contributed by atoms with Gasteiger partial charge in [0, 0.05) is 11.9 Å². The maximum Gasteiger partial charge on any atom is 0.130 e. The van der Waals surface area contributed by atoms with Gasteiger partial charge in [-0.25, -0.2) is 4.98 Å². The van der Waals surface area contributed by atoms with E-state index in [2.05, 4.69) is 10.3 Å². The molecule has 104 valence electrons. The number of phenols is 2. The van der Waals surface area contributed by atoms with Crippen molar-refractivity contribution < 1.29 is 10.2 Å². The van der Waals surface area contributed by atoms with Crippen LogP contribution in [0.15, 0.2) is 66.9 Å². The Bertz CT molecular complexity index is 755. The number of pyridine rings is 1. The summed E-state index contributed by atoms with van der Waals surface area (Å²) in [7, 11) is 0. The normalized spacial score (nSPS) is 10.3. The number of rotatable bonds is 3. The Kier molecular flexibility index (Phi) is 3.43. The lowest BCUT2D eigenvalue weighted by molar-refractivity contribution is 0.475. The zero-order chi connectivity index (χ0) is 14.7. The van der Waals surface area contributed by atoms with Gasteiger partial charge in [0.15, 0.2) is 0 Å². The van der Waals surface area contributed by atoms with Gasteiger partial charge < -0.3 is 15.5 Å². The highest BCUT2D eigenvalue weighted by atomic mass is 16.3. The van der Waals surface area contributed by atoms with Gasteiger partial charge in [0.05, 0.1) is 0 Å². The summed E-state index contributed by atoms with van der Waals surface area (Å²) < 4.78 is 0. The Morgan fingerprint density at radius 2 is 1.52 bits per heavy atom. The lowest BCUT2D eigenvalue weighted by Gasteiger charge is -2.08. The molecule has 3 N–H and O–H groups in total. The van der Waals surface area contributed by atoms with Crippen LogP contribution in [0.25, 0.3) is 11.1 Å². The van der Waals surface area contributed by atoms with E-state index >= 15 is 0 Å². The minimum Gasteiger partial charge on any atom is -0.508 e. The Balaban J connectivity index is 1.88. The molecule has 0 aliphatic rings. The molecule has 0 aliphatic carbocycles. The van der Waals surface area contributed by atoms with E-state index < -0.39 is 0 Å². The SMILES string of the molecule is Oc1ccc(Nc2cc(-c3cccc(O)c3)ccn2)cc1. The van der Waals surface area contributed by atoms with Gasteiger partial charge in [-0.15, -0.1) is 0 Å². The summed E-state index contributed by atoms with van der Waals surface area (Å²) in [5, 5.41) is 22.0. The minimum absolute atomic E-state index is 0.224. The maximum absolute atomic E-state index is 9.55. The fourth-order valence-corrected chi connectivity index (χ4v) is 2.06. The topological polar surface area (TPSA) is 65.4 Å². The molecule has 0 amide bonds. The first-order valence-corrected chi connectivity index (χ1v) is 6.52. The molecule has 0 spiro atoms. The molecule has 0 fully saturated rings. The summed E-state index contributed by atoms with van der Waals surface area (Å²) in [6.45, 7) is 0. The molecular formula is C17H14N2O2. The molecule has 1 aromatic heterocycles. The predicted octanol–water partition coefficient (Wildman–Crippen LogP) is 3.90. The van der Waals surface area contributed by atoms with Crippen LogP contribution < -0.4 is 5.32 Å². The molecule has 0 radical (unpaired) electrons. The molecule has 0 saturated heterocycles. The first kappa shape index (κ1) is 13.0. The number of hydrogen-bond donors (Lipinski definition) is 3. The summed E-state index contributed by atoms with van der Waals surface area (Å²) in [5.74, 6) is 1.15. The highest BCUT2D eigenvalue weighted by Crippen LogP contribution is 2.26. The van der Waals surface area contributed by atoms with Gasteiger partial charge in [-0.3, -0.25) is 0 Å². The Labute approximate surface area is 122 Å². The molecule has 0 bridgehead atoms. The number of benzene rings is 2. The van der Waals surface area contributed by atoms with Crippen LogP contribution in [0, 0.1) is 0 Å². The molecule has 3 rings (SSSR count). The van der Waals surface area contributed by atoms with Crippen molar-refractivity contribution in [2.75, 3.05) is 5.32 Å². The van der Waals surface area contributed by atoms with E-state index in [9.17, 15) is 10.2 Å². The van der Waals surface area contributed by atoms with E-state index in [-0.39, 0.29) is 11.5 Å². The second-order valence-electron chi connectivity index (χ2n) is 4.65. The molecule has 0 saturated carbocycles. The van der Waals surface area contributed by atoms with Gasteiger partial charge in [-0.05, 0) is 59.7 Å². The minimum atomic E-state index is 0.224. The number of nitrogens with zero attached hydrogens (tertiary/aromatic N) is 1. The first-order valence-electron chi connectivity index (χ1n) is 6.52. The molecule has 2 aromatic carbocycles. The fraction of sp³-hybridized carbons (Fsp3) is 0. The molecule has 0 unspecified atom stereocenters. The van der Waals surface area contributed by atoms with Gasteiger partial charge in [0.25, 0.3) is 0 Å². The first-order chi connectivity index (χ1) is 10.2. The Morgan fingerprint density at radius 3 is 2.29 bits per heavy atom. The van der Waals surface area contributed by atoms with E-state index in [0.717, 1.165) is 16.8 Å². The van der Waals surface area contributed by atoms with E-state index in [1.54, 1.807) is 48.7 Å². The summed E-state index contributed by atoms with van der Waals surface area (Å²) in [5.41, 5.74) is 2.72. The summed E-state index contributed by atoms with van der Waals surface area (Å²) in [6, 6.07) is 17.6. The molecule has 0 aliphatic heterocycles. The molecule has 0 atom stereocenters. The van der Waals surface area contributed by atoms with E-state index in [4.69, 9.17) is 0 Å². The van der Waals surface area contributed by atoms with Crippen LogP contribution in [0.2, 0.25) is 0 Å². The van der Waals surface area contributed by atoms with Crippen molar-refractivity contribution in [2.45, 2.75) is 0 Å². The van der Waals surface area contributed by atoms with Crippen molar-refractivity contribution in [2.24, 2.45) is 0 Å². The lowest BCUT2D eigenvalue weighted by atomic mass is 10.1. The summed E-state index contributed by atoms with van der Waals surface area (Å²) in [4.78, 5) is 4.27.